The number of carbonyl (C=O) groups is 3. The number of pyridine rings is 1. The third kappa shape index (κ3) is 9.20. The first-order valence-corrected chi connectivity index (χ1v) is 20.5. The van der Waals surface area contributed by atoms with Crippen molar-refractivity contribution in [1.82, 2.24) is 24.3 Å². The number of aliphatic hydroxyl groups is 1. The molecule has 326 valence electrons. The number of fused-ring (bicyclic) bond motifs is 1. The number of benzene rings is 2. The van der Waals surface area contributed by atoms with Gasteiger partial charge in [0, 0.05) is 67.4 Å². The fourth-order valence-corrected chi connectivity index (χ4v) is 8.98. The molecular formula is C43H51F4N9O5. The molecule has 5 N–H and O–H groups in total. The average molecular weight is 850 g/mol. The number of aryl methyl sites for hydroxylation is 1. The molecule has 7 rings (SSSR count). The number of aromatic nitrogens is 3. The van der Waals surface area contributed by atoms with Crippen molar-refractivity contribution in [2.75, 3.05) is 42.6 Å². The predicted molar refractivity (Wildman–Crippen MR) is 223 cm³/mol. The number of imide groups is 1. The maximum atomic E-state index is 16.1. The van der Waals surface area contributed by atoms with E-state index < -0.39 is 47.2 Å². The molecule has 18 heteroatoms. The zero-order valence-corrected chi connectivity index (χ0v) is 34.5. The van der Waals surface area contributed by atoms with Gasteiger partial charge in [-0.3, -0.25) is 33.8 Å². The van der Waals surface area contributed by atoms with Gasteiger partial charge in [-0.25, -0.2) is 14.2 Å². The van der Waals surface area contributed by atoms with Gasteiger partial charge in [0.1, 0.15) is 23.6 Å². The quantitative estimate of drug-likeness (QED) is 0.0712. The third-order valence-corrected chi connectivity index (χ3v) is 12.2. The summed E-state index contributed by atoms with van der Waals surface area (Å²) in [5, 5.41) is 15.8. The molecular weight excluding hydrogens is 799 g/mol. The van der Waals surface area contributed by atoms with Crippen molar-refractivity contribution in [2.24, 2.45) is 18.0 Å². The van der Waals surface area contributed by atoms with E-state index in [0.29, 0.717) is 46.9 Å². The van der Waals surface area contributed by atoms with Gasteiger partial charge in [-0.15, -0.1) is 0 Å². The lowest BCUT2D eigenvalue weighted by Gasteiger charge is -2.42. The van der Waals surface area contributed by atoms with Gasteiger partial charge in [-0.05, 0) is 102 Å². The lowest BCUT2D eigenvalue weighted by atomic mass is 9.85. The van der Waals surface area contributed by atoms with E-state index in [1.54, 1.807) is 25.4 Å². The first-order valence-electron chi connectivity index (χ1n) is 20.5. The predicted octanol–water partition coefficient (Wildman–Crippen LogP) is 5.32. The summed E-state index contributed by atoms with van der Waals surface area (Å²) in [7, 11) is 3.60. The van der Waals surface area contributed by atoms with Crippen molar-refractivity contribution >= 4 is 52.0 Å². The fourth-order valence-electron chi connectivity index (χ4n) is 8.98. The van der Waals surface area contributed by atoms with Gasteiger partial charge in [0.2, 0.25) is 11.8 Å². The number of piperidine rings is 2. The summed E-state index contributed by atoms with van der Waals surface area (Å²) >= 11 is 0. The number of nitrogens with one attached hydrogen (secondary N) is 2. The molecule has 61 heavy (non-hydrogen) atoms. The Morgan fingerprint density at radius 2 is 1.79 bits per heavy atom. The van der Waals surface area contributed by atoms with E-state index in [1.165, 1.54) is 41.2 Å². The van der Waals surface area contributed by atoms with Gasteiger partial charge in [0.15, 0.2) is 0 Å². The van der Waals surface area contributed by atoms with Crippen LogP contribution in [-0.4, -0.2) is 93.0 Å². The summed E-state index contributed by atoms with van der Waals surface area (Å²) in [5.41, 5.74) is 5.95. The standard InChI is InChI=1S/C43H51F4N9O5/c1-42(2,61)27-20-29(48)25(19-31(27)51-39(58)30-7-5-10-36(50-30)43(45,46)47)21-49-26-13-11-24(12-14-26)22-53(3)32-17-18-55(23-28(32)44)33-8-6-9-34-38(33)54(4)41(60)56(34)35-15-16-37(57)52-40(35)59/h5-10,19-21,24,26,28,32,35,61H,11-18,22-23,48H2,1-4H3,(H,51,58)(H,52,57,59)/t24?,26?,28-,32+,35?/m0/s1. The van der Waals surface area contributed by atoms with Crippen molar-refractivity contribution in [2.45, 2.75) is 94.9 Å². The fraction of sp³-hybridized carbons (Fsp3) is 0.488. The van der Waals surface area contributed by atoms with Crippen LogP contribution in [0.4, 0.5) is 34.6 Å². The Hall–Kier alpha value is -5.62. The Morgan fingerprint density at radius 1 is 1.07 bits per heavy atom. The summed E-state index contributed by atoms with van der Waals surface area (Å²) < 4.78 is 58.8. The molecule has 2 aliphatic heterocycles. The highest BCUT2D eigenvalue weighted by Gasteiger charge is 2.37. The summed E-state index contributed by atoms with van der Waals surface area (Å²) in [6, 6.07) is 10.4. The summed E-state index contributed by atoms with van der Waals surface area (Å²) in [6.07, 6.45) is -0.00733. The molecule has 3 amide bonds. The van der Waals surface area contributed by atoms with Crippen molar-refractivity contribution in [3.63, 3.8) is 0 Å². The number of nitrogens with zero attached hydrogens (tertiary/aromatic N) is 6. The van der Waals surface area contributed by atoms with E-state index in [2.05, 4.69) is 20.5 Å². The largest absolute Gasteiger partial charge is 0.433 e. The van der Waals surface area contributed by atoms with Crippen molar-refractivity contribution in [3.05, 3.63) is 81.5 Å². The number of hydrogen-bond donors (Lipinski definition) is 4. The SMILES string of the molecule is CN(CC1CCC(N=Cc2cc(NC(=O)c3cccc(C(F)(F)F)n3)c(C(C)(C)O)cc2N)CC1)[C@@H]1CCN(c2cccc3c2n(C)c(=O)n3C2CCC(=O)NC2=O)C[C@@H]1F. The highest BCUT2D eigenvalue weighted by Crippen LogP contribution is 2.36. The summed E-state index contributed by atoms with van der Waals surface area (Å²) in [6.45, 7) is 4.43. The van der Waals surface area contributed by atoms with Crippen LogP contribution in [0.25, 0.3) is 11.0 Å². The molecule has 3 atom stereocenters. The van der Waals surface area contributed by atoms with Crippen molar-refractivity contribution in [3.8, 4) is 0 Å². The second-order valence-corrected chi connectivity index (χ2v) is 17.0. The maximum absolute atomic E-state index is 16.1. The monoisotopic (exact) mass is 849 g/mol. The maximum Gasteiger partial charge on any atom is 0.433 e. The summed E-state index contributed by atoms with van der Waals surface area (Å²) in [5.74, 6) is -1.43. The number of halogens is 4. The van der Waals surface area contributed by atoms with E-state index in [0.717, 1.165) is 44.4 Å². The number of para-hydroxylation sites is 1. The topological polar surface area (TPSA) is 180 Å². The second-order valence-electron chi connectivity index (χ2n) is 17.0. The lowest BCUT2D eigenvalue weighted by Crippen LogP contribution is -2.52. The Labute approximate surface area is 349 Å². The van der Waals surface area contributed by atoms with E-state index in [9.17, 15) is 37.5 Å². The molecule has 1 aliphatic carbocycles. The molecule has 1 saturated carbocycles. The van der Waals surface area contributed by atoms with Crippen LogP contribution in [0.2, 0.25) is 0 Å². The van der Waals surface area contributed by atoms with Gasteiger partial charge >= 0.3 is 11.9 Å². The van der Waals surface area contributed by atoms with Crippen LogP contribution in [-0.2, 0) is 28.4 Å². The highest BCUT2D eigenvalue weighted by molar-refractivity contribution is 6.04. The van der Waals surface area contributed by atoms with Crippen LogP contribution < -0.4 is 27.0 Å². The number of nitrogen functional groups attached to an aromatic ring is 1. The highest BCUT2D eigenvalue weighted by atomic mass is 19.4. The molecule has 3 aliphatic rings. The summed E-state index contributed by atoms with van der Waals surface area (Å²) in [4.78, 5) is 63.3. The number of anilines is 3. The Morgan fingerprint density at radius 3 is 2.46 bits per heavy atom. The molecule has 0 spiro atoms. The lowest BCUT2D eigenvalue weighted by molar-refractivity contribution is -0.141. The molecule has 2 aromatic carbocycles. The number of hydrogen-bond acceptors (Lipinski definition) is 10. The third-order valence-electron chi connectivity index (χ3n) is 12.2. The number of aliphatic imine (C=N–C) groups is 1. The first-order chi connectivity index (χ1) is 28.8. The molecule has 0 radical (unpaired) electrons. The molecule has 4 aromatic rings. The number of imidazole rings is 1. The van der Waals surface area contributed by atoms with E-state index in [-0.39, 0.29) is 54.3 Å². The van der Waals surface area contributed by atoms with Crippen molar-refractivity contribution in [1.29, 1.82) is 0 Å². The van der Waals surface area contributed by atoms with Gasteiger partial charge in [0.25, 0.3) is 5.91 Å². The zero-order chi connectivity index (χ0) is 44.0. The Balaban J connectivity index is 0.958. The zero-order valence-electron chi connectivity index (χ0n) is 34.5. The first kappa shape index (κ1) is 43.5. The van der Waals surface area contributed by atoms with E-state index in [4.69, 9.17) is 10.7 Å². The molecule has 4 heterocycles. The Kier molecular flexibility index (Phi) is 12.1. The minimum absolute atomic E-state index is 0.0112. The average Bonchev–Trinajstić information content (AvgIpc) is 3.46. The van der Waals surface area contributed by atoms with Crippen LogP contribution in [0.1, 0.15) is 92.1 Å². The minimum Gasteiger partial charge on any atom is -0.398 e. The van der Waals surface area contributed by atoms with E-state index >= 15 is 4.39 Å². The van der Waals surface area contributed by atoms with Gasteiger partial charge in [-0.1, -0.05) is 12.1 Å². The Bertz CT molecular complexity index is 2420. The van der Waals surface area contributed by atoms with Gasteiger partial charge in [-0.2, -0.15) is 13.2 Å². The second kappa shape index (κ2) is 17.0. The van der Waals surface area contributed by atoms with Gasteiger partial charge in [0.05, 0.1) is 28.9 Å². The van der Waals surface area contributed by atoms with Crippen LogP contribution in [0.5, 0.6) is 0 Å². The van der Waals surface area contributed by atoms with E-state index in [1.807, 2.05) is 18.0 Å². The van der Waals surface area contributed by atoms with Gasteiger partial charge < -0.3 is 26.0 Å². The molecule has 0 bridgehead atoms. The van der Waals surface area contributed by atoms with Crippen LogP contribution in [0, 0.1) is 5.92 Å². The molecule has 1 unspecified atom stereocenters. The smallest absolute Gasteiger partial charge is 0.398 e. The molecule has 2 aromatic heterocycles. The van der Waals surface area contributed by atoms with Crippen LogP contribution in [0.3, 0.4) is 0 Å². The molecule has 3 fully saturated rings. The number of carbonyl (C=O) groups excluding carboxylic acids is 3. The normalized spacial score (nSPS) is 22.9. The number of rotatable bonds is 10. The minimum atomic E-state index is -4.73. The van der Waals surface area contributed by atoms with Crippen LogP contribution in [0.15, 0.2) is 58.3 Å². The molecule has 2 saturated heterocycles. The number of nitrogens with two attached hydrogens (primary N) is 1. The van der Waals surface area contributed by atoms with Crippen LogP contribution >= 0.6 is 0 Å². The van der Waals surface area contributed by atoms with Crippen molar-refractivity contribution < 1.29 is 37.1 Å². The number of alkyl halides is 4. The number of amides is 3. The molecule has 14 nitrogen and oxygen atoms in total.